The lowest BCUT2D eigenvalue weighted by molar-refractivity contribution is -0.143. The quantitative estimate of drug-likeness (QED) is 0.0320. The van der Waals surface area contributed by atoms with E-state index in [9.17, 15) is 19.8 Å². The molecular formula is C76H143NO5. The number of ether oxygens (including phenoxy) is 1. The minimum Gasteiger partial charge on any atom is -0.466 e. The van der Waals surface area contributed by atoms with Crippen LogP contribution in [-0.2, 0) is 14.3 Å². The fourth-order valence-electron chi connectivity index (χ4n) is 11.4. The van der Waals surface area contributed by atoms with E-state index in [0.717, 1.165) is 51.4 Å². The van der Waals surface area contributed by atoms with E-state index in [2.05, 4.69) is 55.6 Å². The van der Waals surface area contributed by atoms with Crippen LogP contribution in [0.2, 0.25) is 0 Å². The van der Waals surface area contributed by atoms with E-state index in [1.54, 1.807) is 6.08 Å². The Hall–Kier alpha value is -2.18. The molecule has 0 fully saturated rings. The van der Waals surface area contributed by atoms with Gasteiger partial charge < -0.3 is 20.3 Å². The molecule has 0 saturated heterocycles. The van der Waals surface area contributed by atoms with Crippen LogP contribution in [-0.4, -0.2) is 47.4 Å². The van der Waals surface area contributed by atoms with E-state index in [1.807, 2.05) is 6.08 Å². The summed E-state index contributed by atoms with van der Waals surface area (Å²) >= 11 is 0. The Kier molecular flexibility index (Phi) is 69.4. The minimum atomic E-state index is -0.850. The number of hydrogen-bond acceptors (Lipinski definition) is 5. The van der Waals surface area contributed by atoms with Crippen LogP contribution in [0.5, 0.6) is 0 Å². The molecule has 1 amide bonds. The number of amides is 1. The zero-order valence-electron chi connectivity index (χ0n) is 55.2. The van der Waals surface area contributed by atoms with E-state index in [1.165, 1.54) is 321 Å². The molecule has 0 aromatic heterocycles. The molecule has 6 heteroatoms. The van der Waals surface area contributed by atoms with Gasteiger partial charge in [0.05, 0.1) is 25.4 Å². The minimum absolute atomic E-state index is 0.00470. The van der Waals surface area contributed by atoms with Gasteiger partial charge >= 0.3 is 5.97 Å². The lowest BCUT2D eigenvalue weighted by Crippen LogP contribution is -2.45. The van der Waals surface area contributed by atoms with Crippen molar-refractivity contribution in [1.82, 2.24) is 5.32 Å². The van der Waals surface area contributed by atoms with E-state index >= 15 is 0 Å². The predicted octanol–water partition coefficient (Wildman–Crippen LogP) is 24.0. The number of carbonyl (C=O) groups is 2. The van der Waals surface area contributed by atoms with Crippen LogP contribution in [0.1, 0.15) is 399 Å². The second-order valence-corrected chi connectivity index (χ2v) is 25.3. The number of rotatable bonds is 69. The number of esters is 1. The average Bonchev–Trinajstić information content (AvgIpc) is 3.48. The Morgan fingerprint density at radius 3 is 0.963 bits per heavy atom. The molecule has 0 aromatic rings. The summed E-state index contributed by atoms with van der Waals surface area (Å²) in [4.78, 5) is 24.6. The molecule has 0 bridgehead atoms. The van der Waals surface area contributed by atoms with Crippen LogP contribution >= 0.6 is 0 Å². The number of unbranched alkanes of at least 4 members (excludes halogenated alkanes) is 52. The van der Waals surface area contributed by atoms with Crippen molar-refractivity contribution in [3.05, 3.63) is 48.6 Å². The zero-order valence-corrected chi connectivity index (χ0v) is 55.2. The van der Waals surface area contributed by atoms with E-state index in [0.29, 0.717) is 19.4 Å². The van der Waals surface area contributed by atoms with Gasteiger partial charge in [-0.3, -0.25) is 9.59 Å². The molecule has 0 heterocycles. The van der Waals surface area contributed by atoms with Gasteiger partial charge in [-0.1, -0.05) is 345 Å². The summed E-state index contributed by atoms with van der Waals surface area (Å²) in [6, 6.07) is -0.634. The first-order valence-electron chi connectivity index (χ1n) is 36.9. The third kappa shape index (κ3) is 67.0. The molecule has 2 atom stereocenters. The Labute approximate surface area is 512 Å². The number of aliphatic hydroxyl groups is 2. The predicted molar refractivity (Wildman–Crippen MR) is 361 cm³/mol. The van der Waals surface area contributed by atoms with E-state index < -0.39 is 12.1 Å². The van der Waals surface area contributed by atoms with Crippen LogP contribution in [0, 0.1) is 0 Å². The number of carbonyl (C=O) groups excluding carboxylic acids is 2. The van der Waals surface area contributed by atoms with Gasteiger partial charge in [-0.15, -0.1) is 0 Å². The average molecular weight is 1150 g/mol. The standard InChI is InChI=1S/C76H143NO5/c1-3-5-7-9-11-13-15-17-19-21-22-23-24-27-30-33-37-40-44-48-52-56-60-64-68-74(79)73(72-78)77-75(80)69-65-61-57-53-49-45-41-38-34-31-28-25-26-29-32-35-39-43-47-51-55-59-63-67-71-82-76(81)70-66-62-58-54-50-46-42-36-20-18-16-14-12-10-8-6-4-2/h12,14,18,20,28,31,64,68,73-74,78-79H,3-11,13,15-17,19,21-27,29-30,32-63,65-67,69-72H2,1-2H3,(H,77,80)/b14-12-,20-18-,31-28-,68-64+. The summed E-state index contributed by atoms with van der Waals surface area (Å²) in [5.41, 5.74) is 0. The van der Waals surface area contributed by atoms with Crippen LogP contribution in [0.15, 0.2) is 48.6 Å². The molecule has 482 valence electrons. The largest absolute Gasteiger partial charge is 0.466 e. The lowest BCUT2D eigenvalue weighted by Gasteiger charge is -2.20. The van der Waals surface area contributed by atoms with Crippen molar-refractivity contribution in [2.45, 2.75) is 411 Å². The molecule has 0 spiro atoms. The molecule has 0 aromatic carbocycles. The van der Waals surface area contributed by atoms with Gasteiger partial charge in [0.15, 0.2) is 0 Å². The summed E-state index contributed by atoms with van der Waals surface area (Å²) in [6.45, 7) is 4.91. The maximum atomic E-state index is 12.5. The molecule has 3 N–H and O–H groups in total. The zero-order chi connectivity index (χ0) is 59.2. The van der Waals surface area contributed by atoms with Crippen LogP contribution in [0.25, 0.3) is 0 Å². The first-order chi connectivity index (χ1) is 40.5. The van der Waals surface area contributed by atoms with Gasteiger partial charge in [-0.25, -0.2) is 0 Å². The van der Waals surface area contributed by atoms with E-state index in [4.69, 9.17) is 4.74 Å². The van der Waals surface area contributed by atoms with Gasteiger partial charge in [-0.2, -0.15) is 0 Å². The maximum absolute atomic E-state index is 12.5. The molecule has 0 rings (SSSR count). The van der Waals surface area contributed by atoms with Crippen molar-refractivity contribution in [3.63, 3.8) is 0 Å². The van der Waals surface area contributed by atoms with Gasteiger partial charge in [0.25, 0.3) is 0 Å². The smallest absolute Gasteiger partial charge is 0.305 e. The Balaban J connectivity index is 3.43. The van der Waals surface area contributed by atoms with Crippen LogP contribution in [0.4, 0.5) is 0 Å². The molecule has 6 nitrogen and oxygen atoms in total. The number of aliphatic hydroxyl groups excluding tert-OH is 2. The first kappa shape index (κ1) is 79.8. The Morgan fingerprint density at radius 1 is 0.341 bits per heavy atom. The van der Waals surface area contributed by atoms with Gasteiger partial charge in [0.1, 0.15) is 0 Å². The summed E-state index contributed by atoms with van der Waals surface area (Å²) in [5.74, 6) is -0.0642. The molecule has 0 radical (unpaired) electrons. The fraction of sp³-hybridized carbons (Fsp3) is 0.868. The number of nitrogens with one attached hydrogen (secondary N) is 1. The van der Waals surface area contributed by atoms with Crippen molar-refractivity contribution in [1.29, 1.82) is 0 Å². The Morgan fingerprint density at radius 2 is 0.610 bits per heavy atom. The molecule has 82 heavy (non-hydrogen) atoms. The molecule has 0 aliphatic rings. The SMILES string of the molecule is CCCCC/C=C\C/C=C\CCCCCCCCCC(=O)OCCCCCCCCCCCCCC/C=C\CCCCCCCCCCC(=O)NC(CO)C(O)/C=C/CCCCCCCCCCCCCCCCCCCCCCCC. The van der Waals surface area contributed by atoms with Crippen molar-refractivity contribution in [2.75, 3.05) is 13.2 Å². The highest BCUT2D eigenvalue weighted by atomic mass is 16.5. The second kappa shape index (κ2) is 71.3. The highest BCUT2D eigenvalue weighted by Crippen LogP contribution is 2.18. The highest BCUT2D eigenvalue weighted by molar-refractivity contribution is 5.76. The summed E-state index contributed by atoms with van der Waals surface area (Å²) in [7, 11) is 0. The maximum Gasteiger partial charge on any atom is 0.305 e. The van der Waals surface area contributed by atoms with Gasteiger partial charge in [-0.05, 0) is 89.9 Å². The fourth-order valence-corrected chi connectivity index (χ4v) is 11.4. The summed E-state index contributed by atoms with van der Waals surface area (Å²) in [5, 5.41) is 23.3. The number of hydrogen-bond donors (Lipinski definition) is 3. The molecular weight excluding hydrogens is 1010 g/mol. The van der Waals surface area contributed by atoms with Crippen LogP contribution in [0.3, 0.4) is 0 Å². The normalized spacial score (nSPS) is 12.8. The van der Waals surface area contributed by atoms with Crippen molar-refractivity contribution in [2.24, 2.45) is 0 Å². The van der Waals surface area contributed by atoms with Crippen molar-refractivity contribution >= 4 is 11.9 Å². The van der Waals surface area contributed by atoms with Crippen molar-refractivity contribution in [3.8, 4) is 0 Å². The highest BCUT2D eigenvalue weighted by Gasteiger charge is 2.18. The van der Waals surface area contributed by atoms with Crippen LogP contribution < -0.4 is 5.32 Å². The topological polar surface area (TPSA) is 95.9 Å². The molecule has 0 saturated carbocycles. The van der Waals surface area contributed by atoms with E-state index in [-0.39, 0.29) is 18.5 Å². The monoisotopic (exact) mass is 1150 g/mol. The third-order valence-electron chi connectivity index (χ3n) is 17.1. The van der Waals surface area contributed by atoms with Gasteiger partial charge in [0.2, 0.25) is 5.91 Å². The molecule has 0 aliphatic heterocycles. The van der Waals surface area contributed by atoms with Crippen molar-refractivity contribution < 1.29 is 24.5 Å². The molecule has 0 aliphatic carbocycles. The van der Waals surface area contributed by atoms with Gasteiger partial charge in [0, 0.05) is 12.8 Å². The lowest BCUT2D eigenvalue weighted by atomic mass is 10.0. The molecule has 2 unspecified atom stereocenters. The summed E-state index contributed by atoms with van der Waals surface area (Å²) < 4.78 is 5.50. The second-order valence-electron chi connectivity index (χ2n) is 25.3. The first-order valence-corrected chi connectivity index (χ1v) is 36.9. The summed E-state index contributed by atoms with van der Waals surface area (Å²) in [6.07, 6.45) is 93.4. The Bertz CT molecular complexity index is 1370. The third-order valence-corrected chi connectivity index (χ3v) is 17.1. The number of allylic oxidation sites excluding steroid dienone is 7.